The van der Waals surface area contributed by atoms with E-state index in [1.165, 1.54) is 0 Å². The van der Waals surface area contributed by atoms with Crippen LogP contribution in [0.2, 0.25) is 0 Å². The van der Waals surface area contributed by atoms with Gasteiger partial charge in [-0.2, -0.15) is 5.10 Å². The van der Waals surface area contributed by atoms with E-state index in [-0.39, 0.29) is 5.91 Å². The van der Waals surface area contributed by atoms with Gasteiger partial charge in [0, 0.05) is 24.2 Å². The Kier molecular flexibility index (Phi) is 2.97. The van der Waals surface area contributed by atoms with Crippen LogP contribution in [0.3, 0.4) is 0 Å². The molecule has 23 heavy (non-hydrogen) atoms. The minimum Gasteiger partial charge on any atom is -0.299 e. The summed E-state index contributed by atoms with van der Waals surface area (Å²) in [5, 5.41) is 6.65. The number of aryl methyl sites for hydroxylation is 2. The number of pyridine rings is 2. The maximum Gasteiger partial charge on any atom is 0.260 e. The van der Waals surface area contributed by atoms with Crippen LogP contribution in [-0.2, 0) is 6.54 Å². The van der Waals surface area contributed by atoms with Crippen molar-refractivity contribution in [3.8, 4) is 11.3 Å². The molecule has 0 fully saturated rings. The molecule has 0 saturated heterocycles. The summed E-state index contributed by atoms with van der Waals surface area (Å²) in [5.74, 6) is -0.0275. The van der Waals surface area contributed by atoms with Gasteiger partial charge in [0.25, 0.3) is 5.91 Å². The van der Waals surface area contributed by atoms with E-state index in [1.54, 1.807) is 23.5 Å². The van der Waals surface area contributed by atoms with E-state index in [4.69, 9.17) is 4.98 Å². The number of rotatable bonds is 2. The molecule has 0 aliphatic carbocycles. The Morgan fingerprint density at radius 1 is 1.17 bits per heavy atom. The number of fused-ring (bicyclic) bond motifs is 1. The molecule has 3 aromatic heterocycles. The molecule has 1 N–H and O–H groups in total. The summed E-state index contributed by atoms with van der Waals surface area (Å²) in [7, 11) is 0. The van der Waals surface area contributed by atoms with Gasteiger partial charge in [0.1, 0.15) is 0 Å². The zero-order valence-corrected chi connectivity index (χ0v) is 12.9. The highest BCUT2D eigenvalue weighted by atomic mass is 16.2. The van der Waals surface area contributed by atoms with E-state index in [0.29, 0.717) is 12.1 Å². The number of aromatic amines is 1. The van der Waals surface area contributed by atoms with Crippen molar-refractivity contribution in [2.45, 2.75) is 20.4 Å². The molecule has 0 spiro atoms. The Balaban J connectivity index is 1.79. The Morgan fingerprint density at radius 3 is 2.78 bits per heavy atom. The minimum absolute atomic E-state index is 0.0275. The highest BCUT2D eigenvalue weighted by Gasteiger charge is 2.32. The second-order valence-corrected chi connectivity index (χ2v) is 5.74. The summed E-state index contributed by atoms with van der Waals surface area (Å²) in [4.78, 5) is 23.3. The number of carbonyl (C=O) groups is 1. The van der Waals surface area contributed by atoms with Crippen molar-refractivity contribution in [3.05, 3.63) is 59.3 Å². The summed E-state index contributed by atoms with van der Waals surface area (Å²) in [5.41, 5.74) is 6.07. The zero-order chi connectivity index (χ0) is 16.0. The highest BCUT2D eigenvalue weighted by molar-refractivity contribution is 6.10. The van der Waals surface area contributed by atoms with Crippen LogP contribution in [0.1, 0.15) is 27.2 Å². The number of hydrogen-bond acceptors (Lipinski definition) is 4. The summed E-state index contributed by atoms with van der Waals surface area (Å²) in [6.07, 6.45) is 6.97. The van der Waals surface area contributed by atoms with Crippen molar-refractivity contribution in [1.29, 1.82) is 0 Å². The van der Waals surface area contributed by atoms with Crippen LogP contribution in [0.4, 0.5) is 5.69 Å². The van der Waals surface area contributed by atoms with Gasteiger partial charge >= 0.3 is 0 Å². The summed E-state index contributed by atoms with van der Waals surface area (Å²) < 4.78 is 0. The number of hydrogen-bond donors (Lipinski definition) is 1. The largest absolute Gasteiger partial charge is 0.299 e. The fourth-order valence-electron chi connectivity index (χ4n) is 2.94. The fourth-order valence-corrected chi connectivity index (χ4v) is 2.94. The van der Waals surface area contributed by atoms with Gasteiger partial charge in [0.2, 0.25) is 0 Å². The SMILES string of the molecule is Cc1cncc(-c2cc(C)c3c(n2)CN(c2cn[nH]c2)C3=O)c1. The summed E-state index contributed by atoms with van der Waals surface area (Å²) >= 11 is 0. The van der Waals surface area contributed by atoms with Gasteiger partial charge in [0.15, 0.2) is 0 Å². The molecular weight excluding hydrogens is 290 g/mol. The Hall–Kier alpha value is -3.02. The molecule has 1 aliphatic rings. The zero-order valence-electron chi connectivity index (χ0n) is 12.9. The number of anilines is 1. The van der Waals surface area contributed by atoms with E-state index in [2.05, 4.69) is 15.2 Å². The molecule has 0 saturated carbocycles. The predicted octanol–water partition coefficient (Wildman–Crippen LogP) is 2.64. The van der Waals surface area contributed by atoms with Crippen LogP contribution in [0.15, 0.2) is 36.9 Å². The topological polar surface area (TPSA) is 74.8 Å². The third-order valence-corrected chi connectivity index (χ3v) is 4.02. The standard InChI is InChI=1S/C17H15N5O/c1-10-3-12(6-18-5-10)14-4-11(2)16-15(21-14)9-22(17(16)23)13-7-19-20-8-13/h3-8H,9H2,1-2H3,(H,19,20). The van der Waals surface area contributed by atoms with Crippen molar-refractivity contribution in [2.24, 2.45) is 0 Å². The maximum absolute atomic E-state index is 12.6. The van der Waals surface area contributed by atoms with Crippen molar-refractivity contribution in [2.75, 3.05) is 4.90 Å². The van der Waals surface area contributed by atoms with E-state index in [9.17, 15) is 4.79 Å². The van der Waals surface area contributed by atoms with Crippen LogP contribution in [0.5, 0.6) is 0 Å². The van der Waals surface area contributed by atoms with E-state index < -0.39 is 0 Å². The van der Waals surface area contributed by atoms with E-state index in [1.807, 2.05) is 32.2 Å². The van der Waals surface area contributed by atoms with Crippen LogP contribution in [-0.4, -0.2) is 26.1 Å². The second-order valence-electron chi connectivity index (χ2n) is 5.74. The Labute approximate surface area is 133 Å². The van der Waals surface area contributed by atoms with E-state index in [0.717, 1.165) is 33.8 Å². The molecule has 0 atom stereocenters. The molecule has 0 aromatic carbocycles. The monoisotopic (exact) mass is 305 g/mol. The minimum atomic E-state index is -0.0275. The van der Waals surface area contributed by atoms with Gasteiger partial charge in [-0.3, -0.25) is 24.8 Å². The quantitative estimate of drug-likeness (QED) is 0.790. The van der Waals surface area contributed by atoms with E-state index >= 15 is 0 Å². The van der Waals surface area contributed by atoms with Crippen molar-refractivity contribution in [1.82, 2.24) is 20.2 Å². The van der Waals surface area contributed by atoms with Crippen LogP contribution >= 0.6 is 0 Å². The lowest BCUT2D eigenvalue weighted by atomic mass is 10.0. The lowest BCUT2D eigenvalue weighted by molar-refractivity contribution is 0.0996. The number of nitrogens with zero attached hydrogens (tertiary/aromatic N) is 4. The van der Waals surface area contributed by atoms with Crippen LogP contribution in [0.25, 0.3) is 11.3 Å². The van der Waals surface area contributed by atoms with Gasteiger partial charge in [-0.1, -0.05) is 0 Å². The van der Waals surface area contributed by atoms with Gasteiger partial charge in [-0.15, -0.1) is 0 Å². The first-order valence-corrected chi connectivity index (χ1v) is 7.36. The molecule has 0 radical (unpaired) electrons. The number of nitrogens with one attached hydrogen (secondary N) is 1. The first-order chi connectivity index (χ1) is 11.1. The van der Waals surface area contributed by atoms with Gasteiger partial charge in [-0.05, 0) is 37.1 Å². The molecule has 0 unspecified atom stereocenters. The third-order valence-electron chi connectivity index (χ3n) is 4.02. The predicted molar refractivity (Wildman–Crippen MR) is 86.0 cm³/mol. The van der Waals surface area contributed by atoms with Crippen molar-refractivity contribution in [3.63, 3.8) is 0 Å². The van der Waals surface area contributed by atoms with Gasteiger partial charge in [0.05, 0.1) is 35.4 Å². The first-order valence-electron chi connectivity index (χ1n) is 7.36. The van der Waals surface area contributed by atoms with Crippen LogP contribution < -0.4 is 4.90 Å². The number of H-pyrrole nitrogens is 1. The maximum atomic E-state index is 12.6. The summed E-state index contributed by atoms with van der Waals surface area (Å²) in [6.45, 7) is 4.41. The molecule has 6 heteroatoms. The van der Waals surface area contributed by atoms with Gasteiger partial charge < -0.3 is 0 Å². The first kappa shape index (κ1) is 13.6. The number of amides is 1. The molecule has 4 rings (SSSR count). The molecule has 114 valence electrons. The lowest BCUT2D eigenvalue weighted by Crippen LogP contribution is -2.22. The molecule has 3 aromatic rings. The summed E-state index contributed by atoms with van der Waals surface area (Å²) in [6, 6.07) is 4.00. The van der Waals surface area contributed by atoms with Gasteiger partial charge in [-0.25, -0.2) is 0 Å². The van der Waals surface area contributed by atoms with Crippen LogP contribution in [0, 0.1) is 13.8 Å². The molecule has 1 amide bonds. The fraction of sp³-hybridized carbons (Fsp3) is 0.176. The van der Waals surface area contributed by atoms with Crippen molar-refractivity contribution >= 4 is 11.6 Å². The lowest BCUT2D eigenvalue weighted by Gasteiger charge is -2.11. The highest BCUT2D eigenvalue weighted by Crippen LogP contribution is 2.31. The molecule has 6 nitrogen and oxygen atoms in total. The van der Waals surface area contributed by atoms with Crippen molar-refractivity contribution < 1.29 is 4.79 Å². The normalized spacial score (nSPS) is 13.5. The molecule has 0 bridgehead atoms. The second kappa shape index (κ2) is 5.01. The molecule has 4 heterocycles. The Bertz CT molecular complexity index is 901. The number of aromatic nitrogens is 4. The molecular formula is C17H15N5O. The smallest absolute Gasteiger partial charge is 0.260 e. The molecule has 1 aliphatic heterocycles. The number of carbonyl (C=O) groups excluding carboxylic acids is 1. The third kappa shape index (κ3) is 2.19. The Morgan fingerprint density at radius 2 is 2.04 bits per heavy atom. The average Bonchev–Trinajstić information content (AvgIpc) is 3.15. The average molecular weight is 305 g/mol.